The molecule has 0 spiro atoms. The Balaban J connectivity index is 4.03. The van der Waals surface area contributed by atoms with Gasteiger partial charge in [0.1, 0.15) is 0 Å². The van der Waals surface area contributed by atoms with Gasteiger partial charge in [0.25, 0.3) is 0 Å². The topological polar surface area (TPSA) is 43.7 Å². The number of aliphatic hydroxyl groups is 2. The molecule has 0 rings (SSSR count). The maximum absolute atomic E-state index is 9.11. The summed E-state index contributed by atoms with van der Waals surface area (Å²) in [6.45, 7) is 7.59. The summed E-state index contributed by atoms with van der Waals surface area (Å²) in [5.41, 5.74) is 0.885. The van der Waals surface area contributed by atoms with Gasteiger partial charge in [-0.3, -0.25) is 0 Å². The van der Waals surface area contributed by atoms with Gasteiger partial charge in [-0.2, -0.15) is 0 Å². The summed E-state index contributed by atoms with van der Waals surface area (Å²) in [6.07, 6.45) is 2.13. The molecule has 0 aliphatic rings. The highest BCUT2D eigenvalue weighted by molar-refractivity contribution is 4.95. The van der Waals surface area contributed by atoms with Crippen molar-refractivity contribution in [2.75, 3.05) is 33.4 Å². The summed E-state index contributed by atoms with van der Waals surface area (Å²) in [5.74, 6) is 0. The predicted molar refractivity (Wildman–Crippen MR) is 59.2 cm³/mol. The lowest BCUT2D eigenvalue weighted by Gasteiger charge is -2.29. The predicted octanol–water partition coefficient (Wildman–Crippen LogP) is 0.875. The summed E-state index contributed by atoms with van der Waals surface area (Å²) < 4.78 is 0. The van der Waals surface area contributed by atoms with Crippen LogP contribution < -0.4 is 0 Å². The number of hydrogen-bond acceptors (Lipinski definition) is 3. The van der Waals surface area contributed by atoms with Gasteiger partial charge in [-0.15, -0.1) is 0 Å². The number of aliphatic hydroxyl groups excluding tert-OH is 2. The summed E-state index contributed by atoms with van der Waals surface area (Å²) >= 11 is 0. The molecule has 0 unspecified atom stereocenters. The molecule has 3 nitrogen and oxygen atoms in total. The molecule has 0 aromatic carbocycles. The van der Waals surface area contributed by atoms with Gasteiger partial charge in [0.2, 0.25) is 0 Å². The third-order valence-corrected chi connectivity index (χ3v) is 2.23. The molecule has 0 amide bonds. The average molecular weight is 201 g/mol. The zero-order chi connectivity index (χ0) is 11.2. The molecule has 0 fully saturated rings. The highest BCUT2D eigenvalue weighted by Gasteiger charge is 2.23. The fraction of sp³-hybridized carbons (Fsp3) is 0.818. The van der Waals surface area contributed by atoms with Gasteiger partial charge >= 0.3 is 0 Å². The van der Waals surface area contributed by atoms with Crippen LogP contribution in [-0.4, -0.2) is 48.5 Å². The number of rotatable bonds is 6. The Kier molecular flexibility index (Phi) is 6.00. The molecular formula is C11H23NO2. The van der Waals surface area contributed by atoms with Gasteiger partial charge < -0.3 is 15.1 Å². The van der Waals surface area contributed by atoms with Crippen LogP contribution in [0.5, 0.6) is 0 Å². The number of likely N-dealkylation sites (N-methyl/N-ethyl adjacent to an activating group) is 1. The highest BCUT2D eigenvalue weighted by atomic mass is 16.3. The standard InChI is InChI=1S/C11H23NO2/c1-10(2)5-6-12(4)7-11(3,8-13)9-14/h5,13-14H,6-9H2,1-4H3. The van der Waals surface area contributed by atoms with Crippen LogP contribution in [0.4, 0.5) is 0 Å². The van der Waals surface area contributed by atoms with Gasteiger partial charge in [-0.05, 0) is 20.9 Å². The van der Waals surface area contributed by atoms with E-state index in [1.54, 1.807) is 0 Å². The van der Waals surface area contributed by atoms with Gasteiger partial charge in [-0.25, -0.2) is 0 Å². The lowest BCUT2D eigenvalue weighted by atomic mass is 9.92. The van der Waals surface area contributed by atoms with Crippen molar-refractivity contribution in [1.82, 2.24) is 4.90 Å². The van der Waals surface area contributed by atoms with E-state index in [4.69, 9.17) is 10.2 Å². The zero-order valence-corrected chi connectivity index (χ0v) is 9.75. The van der Waals surface area contributed by atoms with E-state index in [2.05, 4.69) is 24.8 Å². The van der Waals surface area contributed by atoms with Gasteiger partial charge in [0.05, 0.1) is 13.2 Å². The number of hydrogen-bond donors (Lipinski definition) is 2. The molecule has 0 saturated heterocycles. The van der Waals surface area contributed by atoms with E-state index < -0.39 is 5.41 Å². The minimum atomic E-state index is -0.399. The van der Waals surface area contributed by atoms with Crippen LogP contribution >= 0.6 is 0 Å². The second kappa shape index (κ2) is 6.17. The molecule has 0 atom stereocenters. The molecule has 3 heteroatoms. The monoisotopic (exact) mass is 201 g/mol. The molecule has 0 aromatic heterocycles. The number of allylic oxidation sites excluding steroid dienone is 1. The lowest BCUT2D eigenvalue weighted by Crippen LogP contribution is -2.39. The fourth-order valence-corrected chi connectivity index (χ4v) is 1.20. The first-order chi connectivity index (χ1) is 6.43. The van der Waals surface area contributed by atoms with E-state index >= 15 is 0 Å². The minimum absolute atomic E-state index is 0.0165. The Labute approximate surface area is 87.0 Å². The van der Waals surface area contributed by atoms with Crippen LogP contribution in [0.2, 0.25) is 0 Å². The van der Waals surface area contributed by atoms with E-state index in [0.29, 0.717) is 6.54 Å². The Morgan fingerprint density at radius 1 is 1.29 bits per heavy atom. The first-order valence-electron chi connectivity index (χ1n) is 4.97. The third-order valence-electron chi connectivity index (χ3n) is 2.23. The summed E-state index contributed by atoms with van der Waals surface area (Å²) in [7, 11) is 1.99. The Bertz CT molecular complexity index is 182. The number of nitrogens with zero attached hydrogens (tertiary/aromatic N) is 1. The van der Waals surface area contributed by atoms with E-state index in [1.165, 1.54) is 5.57 Å². The maximum Gasteiger partial charge on any atom is 0.0519 e. The Hall–Kier alpha value is -0.380. The van der Waals surface area contributed by atoms with Crippen molar-refractivity contribution in [3.05, 3.63) is 11.6 Å². The first-order valence-corrected chi connectivity index (χ1v) is 4.97. The van der Waals surface area contributed by atoms with Crippen molar-refractivity contribution in [2.24, 2.45) is 5.41 Å². The summed E-state index contributed by atoms with van der Waals surface area (Å²) in [5, 5.41) is 18.2. The molecular weight excluding hydrogens is 178 g/mol. The molecule has 0 heterocycles. The Morgan fingerprint density at radius 3 is 2.14 bits per heavy atom. The summed E-state index contributed by atoms with van der Waals surface area (Å²) in [6, 6.07) is 0. The van der Waals surface area contributed by atoms with Crippen LogP contribution in [0.25, 0.3) is 0 Å². The van der Waals surface area contributed by atoms with Crippen molar-refractivity contribution in [3.63, 3.8) is 0 Å². The second-order valence-corrected chi connectivity index (χ2v) is 4.61. The molecule has 2 N–H and O–H groups in total. The molecule has 14 heavy (non-hydrogen) atoms. The molecule has 0 bridgehead atoms. The van der Waals surface area contributed by atoms with Crippen LogP contribution in [-0.2, 0) is 0 Å². The SMILES string of the molecule is CC(C)=CCN(C)CC(C)(CO)CO. The van der Waals surface area contributed by atoms with Crippen molar-refractivity contribution in [2.45, 2.75) is 20.8 Å². The van der Waals surface area contributed by atoms with Crippen molar-refractivity contribution in [3.8, 4) is 0 Å². The Morgan fingerprint density at radius 2 is 1.79 bits per heavy atom. The molecule has 84 valence electrons. The van der Waals surface area contributed by atoms with Gasteiger partial charge in [0, 0.05) is 18.5 Å². The highest BCUT2D eigenvalue weighted by Crippen LogP contribution is 2.15. The molecule has 0 radical (unpaired) electrons. The third kappa shape index (κ3) is 5.37. The molecule has 0 saturated carbocycles. The van der Waals surface area contributed by atoms with Crippen molar-refractivity contribution >= 4 is 0 Å². The normalized spacial score (nSPS) is 11.9. The van der Waals surface area contributed by atoms with Gasteiger partial charge in [0.15, 0.2) is 0 Å². The quantitative estimate of drug-likeness (QED) is 0.627. The van der Waals surface area contributed by atoms with Crippen LogP contribution in [0.3, 0.4) is 0 Å². The van der Waals surface area contributed by atoms with Crippen LogP contribution in [0.1, 0.15) is 20.8 Å². The van der Waals surface area contributed by atoms with Gasteiger partial charge in [-0.1, -0.05) is 18.6 Å². The second-order valence-electron chi connectivity index (χ2n) is 4.61. The molecule has 0 aliphatic heterocycles. The van der Waals surface area contributed by atoms with E-state index in [-0.39, 0.29) is 13.2 Å². The van der Waals surface area contributed by atoms with E-state index in [0.717, 1.165) is 6.54 Å². The first kappa shape index (κ1) is 13.6. The maximum atomic E-state index is 9.11. The van der Waals surface area contributed by atoms with Crippen molar-refractivity contribution < 1.29 is 10.2 Å². The van der Waals surface area contributed by atoms with E-state index in [1.807, 2.05) is 14.0 Å². The van der Waals surface area contributed by atoms with Crippen LogP contribution in [0.15, 0.2) is 11.6 Å². The largest absolute Gasteiger partial charge is 0.396 e. The average Bonchev–Trinajstić information content (AvgIpc) is 2.14. The lowest BCUT2D eigenvalue weighted by molar-refractivity contribution is 0.0447. The minimum Gasteiger partial charge on any atom is -0.396 e. The zero-order valence-electron chi connectivity index (χ0n) is 9.75. The smallest absolute Gasteiger partial charge is 0.0519 e. The molecule has 0 aromatic rings. The molecule has 0 aliphatic carbocycles. The van der Waals surface area contributed by atoms with Crippen LogP contribution in [0, 0.1) is 5.41 Å². The summed E-state index contributed by atoms with van der Waals surface area (Å²) in [4.78, 5) is 2.10. The fourth-order valence-electron chi connectivity index (χ4n) is 1.20. The van der Waals surface area contributed by atoms with E-state index in [9.17, 15) is 0 Å². The van der Waals surface area contributed by atoms with Crippen molar-refractivity contribution in [1.29, 1.82) is 0 Å².